The summed E-state index contributed by atoms with van der Waals surface area (Å²) in [6.45, 7) is 5.80. The molecule has 5 nitrogen and oxygen atoms in total. The molecule has 2 saturated carbocycles. The standard InChI is InChI=1S/C19H38N4O/c1-5-20-18(21-14-17(23(2)3)16-8-9-16)22-15-19(12-13-24-4)10-6-7-11-19/h16-17H,5-15H2,1-4H3,(H2,20,21,22). The van der Waals surface area contributed by atoms with E-state index < -0.39 is 0 Å². The minimum Gasteiger partial charge on any atom is -0.385 e. The normalized spacial score (nSPS) is 22.0. The van der Waals surface area contributed by atoms with E-state index in [-0.39, 0.29) is 0 Å². The minimum atomic E-state index is 0.357. The molecular formula is C19H38N4O. The van der Waals surface area contributed by atoms with Gasteiger partial charge >= 0.3 is 0 Å². The van der Waals surface area contributed by atoms with Crippen molar-refractivity contribution in [1.82, 2.24) is 15.5 Å². The molecule has 0 saturated heterocycles. The summed E-state index contributed by atoms with van der Waals surface area (Å²) in [5.41, 5.74) is 0.357. The van der Waals surface area contributed by atoms with Crippen LogP contribution in [0.4, 0.5) is 0 Å². The lowest BCUT2D eigenvalue weighted by atomic mass is 9.83. The summed E-state index contributed by atoms with van der Waals surface area (Å²) in [4.78, 5) is 7.30. The number of hydrogen-bond donors (Lipinski definition) is 2. The van der Waals surface area contributed by atoms with Crippen molar-refractivity contribution < 1.29 is 4.74 Å². The molecule has 0 heterocycles. The first-order chi connectivity index (χ1) is 11.6. The smallest absolute Gasteiger partial charge is 0.191 e. The third-order valence-corrected chi connectivity index (χ3v) is 5.73. The monoisotopic (exact) mass is 338 g/mol. The Morgan fingerprint density at radius 3 is 2.50 bits per heavy atom. The van der Waals surface area contributed by atoms with E-state index in [2.05, 4.69) is 36.6 Å². The lowest BCUT2D eigenvalue weighted by Gasteiger charge is -2.28. The van der Waals surface area contributed by atoms with Gasteiger partial charge in [-0.15, -0.1) is 0 Å². The Bertz CT molecular complexity index is 385. The van der Waals surface area contributed by atoms with Crippen LogP contribution in [0.5, 0.6) is 0 Å². The lowest BCUT2D eigenvalue weighted by molar-refractivity contribution is 0.141. The second-order valence-corrected chi connectivity index (χ2v) is 7.89. The maximum absolute atomic E-state index is 5.34. The molecule has 0 aliphatic heterocycles. The number of nitrogens with one attached hydrogen (secondary N) is 2. The molecule has 2 fully saturated rings. The molecule has 0 aromatic rings. The molecule has 0 aromatic heterocycles. The molecule has 2 rings (SSSR count). The van der Waals surface area contributed by atoms with Gasteiger partial charge in [0, 0.05) is 39.4 Å². The molecule has 2 aliphatic carbocycles. The van der Waals surface area contributed by atoms with Crippen molar-refractivity contribution in [2.24, 2.45) is 16.3 Å². The molecule has 2 aliphatic rings. The first-order valence-electron chi connectivity index (χ1n) is 9.78. The molecule has 1 atom stereocenters. The molecule has 0 aromatic carbocycles. The van der Waals surface area contributed by atoms with Crippen molar-refractivity contribution in [3.05, 3.63) is 0 Å². The van der Waals surface area contributed by atoms with Crippen LogP contribution in [0.2, 0.25) is 0 Å². The second kappa shape index (κ2) is 9.62. The van der Waals surface area contributed by atoms with Crippen LogP contribution in [0.15, 0.2) is 4.99 Å². The summed E-state index contributed by atoms with van der Waals surface area (Å²) in [5.74, 6) is 1.84. The van der Waals surface area contributed by atoms with Gasteiger partial charge in [-0.2, -0.15) is 0 Å². The predicted molar refractivity (Wildman–Crippen MR) is 102 cm³/mol. The highest BCUT2D eigenvalue weighted by Crippen LogP contribution is 2.41. The molecule has 5 heteroatoms. The zero-order valence-corrected chi connectivity index (χ0v) is 16.2. The van der Waals surface area contributed by atoms with Gasteiger partial charge in [0.15, 0.2) is 5.96 Å². The average molecular weight is 339 g/mol. The SMILES string of the molecule is CCNC(=NCC1(CCOC)CCCC1)NCC(C1CC1)N(C)C. The van der Waals surface area contributed by atoms with Crippen LogP contribution in [0.25, 0.3) is 0 Å². The van der Waals surface area contributed by atoms with Crippen LogP contribution in [-0.4, -0.2) is 64.3 Å². The topological polar surface area (TPSA) is 48.9 Å². The molecule has 0 bridgehead atoms. The molecule has 24 heavy (non-hydrogen) atoms. The van der Waals surface area contributed by atoms with E-state index >= 15 is 0 Å². The number of nitrogens with zero attached hydrogens (tertiary/aromatic N) is 2. The number of rotatable bonds is 10. The minimum absolute atomic E-state index is 0.357. The first-order valence-corrected chi connectivity index (χ1v) is 9.78. The molecular weight excluding hydrogens is 300 g/mol. The Morgan fingerprint density at radius 1 is 1.25 bits per heavy atom. The van der Waals surface area contributed by atoms with Crippen LogP contribution in [0.3, 0.4) is 0 Å². The summed E-state index contributed by atoms with van der Waals surface area (Å²) in [6, 6.07) is 0.614. The van der Waals surface area contributed by atoms with Crippen LogP contribution >= 0.6 is 0 Å². The molecule has 0 radical (unpaired) electrons. The number of likely N-dealkylation sites (N-methyl/N-ethyl adjacent to an activating group) is 1. The van der Waals surface area contributed by atoms with Gasteiger partial charge in [0.1, 0.15) is 0 Å². The first kappa shape index (κ1) is 19.5. The van der Waals surface area contributed by atoms with Crippen molar-refractivity contribution in [2.75, 3.05) is 47.4 Å². The molecule has 0 spiro atoms. The fourth-order valence-electron chi connectivity index (χ4n) is 3.97. The van der Waals surface area contributed by atoms with E-state index in [1.807, 2.05) is 0 Å². The van der Waals surface area contributed by atoms with Crippen LogP contribution in [0, 0.1) is 11.3 Å². The van der Waals surface area contributed by atoms with Crippen molar-refractivity contribution >= 4 is 5.96 Å². The Hall–Kier alpha value is -0.810. The third kappa shape index (κ3) is 5.92. The van der Waals surface area contributed by atoms with Crippen molar-refractivity contribution in [2.45, 2.75) is 57.9 Å². The summed E-state index contributed by atoms with van der Waals surface area (Å²) >= 11 is 0. The number of aliphatic imine (C=N–C) groups is 1. The van der Waals surface area contributed by atoms with Gasteiger partial charge in [-0.25, -0.2) is 0 Å². The molecule has 1 unspecified atom stereocenters. The van der Waals surface area contributed by atoms with Gasteiger partial charge in [0.25, 0.3) is 0 Å². The van der Waals surface area contributed by atoms with E-state index in [9.17, 15) is 0 Å². The van der Waals surface area contributed by atoms with E-state index in [4.69, 9.17) is 9.73 Å². The van der Waals surface area contributed by atoms with E-state index in [0.29, 0.717) is 11.5 Å². The fourth-order valence-corrected chi connectivity index (χ4v) is 3.97. The van der Waals surface area contributed by atoms with Gasteiger partial charge < -0.3 is 20.3 Å². The summed E-state index contributed by atoms with van der Waals surface area (Å²) < 4.78 is 5.34. The zero-order valence-electron chi connectivity index (χ0n) is 16.2. The van der Waals surface area contributed by atoms with Gasteiger partial charge in [0.2, 0.25) is 0 Å². The van der Waals surface area contributed by atoms with Crippen LogP contribution in [-0.2, 0) is 4.74 Å². The quantitative estimate of drug-likeness (QED) is 0.475. The highest BCUT2D eigenvalue weighted by Gasteiger charge is 2.34. The summed E-state index contributed by atoms with van der Waals surface area (Å²) in [6.07, 6.45) is 9.15. The third-order valence-electron chi connectivity index (χ3n) is 5.73. The van der Waals surface area contributed by atoms with E-state index in [1.165, 1.54) is 38.5 Å². The number of ether oxygens (including phenoxy) is 1. The average Bonchev–Trinajstić information content (AvgIpc) is 3.29. The summed E-state index contributed by atoms with van der Waals surface area (Å²) in [7, 11) is 6.18. The number of hydrogen-bond acceptors (Lipinski definition) is 3. The Kier molecular flexibility index (Phi) is 7.82. The van der Waals surface area contributed by atoms with Crippen molar-refractivity contribution in [1.29, 1.82) is 0 Å². The predicted octanol–water partition coefficient (Wildman–Crippen LogP) is 2.48. The van der Waals surface area contributed by atoms with Gasteiger partial charge in [-0.3, -0.25) is 4.99 Å². The molecule has 2 N–H and O–H groups in total. The second-order valence-electron chi connectivity index (χ2n) is 7.89. The summed E-state index contributed by atoms with van der Waals surface area (Å²) in [5, 5.41) is 7.01. The van der Waals surface area contributed by atoms with Crippen LogP contribution < -0.4 is 10.6 Å². The highest BCUT2D eigenvalue weighted by molar-refractivity contribution is 5.79. The lowest BCUT2D eigenvalue weighted by Crippen LogP contribution is -2.46. The largest absolute Gasteiger partial charge is 0.385 e. The Morgan fingerprint density at radius 2 is 1.96 bits per heavy atom. The zero-order chi connectivity index (χ0) is 17.4. The van der Waals surface area contributed by atoms with Crippen LogP contribution in [0.1, 0.15) is 51.9 Å². The maximum Gasteiger partial charge on any atom is 0.191 e. The maximum atomic E-state index is 5.34. The van der Waals surface area contributed by atoms with Crippen molar-refractivity contribution in [3.8, 4) is 0 Å². The molecule has 0 amide bonds. The van der Waals surface area contributed by atoms with Gasteiger partial charge in [-0.05, 0) is 64.5 Å². The molecule has 140 valence electrons. The fraction of sp³-hybridized carbons (Fsp3) is 0.947. The van der Waals surface area contributed by atoms with Gasteiger partial charge in [-0.1, -0.05) is 12.8 Å². The van der Waals surface area contributed by atoms with Crippen molar-refractivity contribution in [3.63, 3.8) is 0 Å². The Balaban J connectivity index is 1.90. The van der Waals surface area contributed by atoms with E-state index in [1.54, 1.807) is 7.11 Å². The number of guanidine groups is 1. The van der Waals surface area contributed by atoms with Gasteiger partial charge in [0.05, 0.1) is 0 Å². The highest BCUT2D eigenvalue weighted by atomic mass is 16.5. The number of methoxy groups -OCH3 is 1. The van der Waals surface area contributed by atoms with E-state index in [0.717, 1.165) is 44.5 Å². The Labute approximate surface area is 148 Å².